The number of rotatable bonds is 12. The molecular weight excluding hydrogens is 480 g/mol. The molecule has 2 aliphatic rings. The zero-order chi connectivity index (χ0) is 26.4. The Bertz CT molecular complexity index is 1070. The molecule has 4 rings (SSSR count). The summed E-state index contributed by atoms with van der Waals surface area (Å²) in [6.07, 6.45) is 6.54. The average molecular weight is 518 g/mol. The Kier molecular flexibility index (Phi) is 8.89. The maximum atomic E-state index is 15.2. The largest absolute Gasteiger partial charge is 0.480 e. The van der Waals surface area contributed by atoms with Gasteiger partial charge in [-0.25, -0.2) is 23.7 Å². The van der Waals surface area contributed by atoms with Gasteiger partial charge in [0, 0.05) is 37.3 Å². The van der Waals surface area contributed by atoms with Crippen LogP contribution in [0.25, 0.3) is 0 Å². The number of halogens is 2. The third-order valence-electron chi connectivity index (χ3n) is 7.11. The number of nitrogens with zero attached hydrogens (tertiary/aromatic N) is 4. The molecule has 0 amide bonds. The van der Waals surface area contributed by atoms with Crippen LogP contribution >= 0.6 is 0 Å². The highest BCUT2D eigenvalue weighted by molar-refractivity contribution is 5.76. The van der Waals surface area contributed by atoms with Crippen molar-refractivity contribution in [3.05, 3.63) is 41.5 Å². The molecule has 37 heavy (non-hydrogen) atoms. The summed E-state index contributed by atoms with van der Waals surface area (Å²) < 4.78 is 36.0. The van der Waals surface area contributed by atoms with Gasteiger partial charge in [0.2, 0.25) is 5.88 Å². The van der Waals surface area contributed by atoms with Crippen molar-refractivity contribution in [3.63, 3.8) is 0 Å². The fourth-order valence-electron chi connectivity index (χ4n) is 5.11. The van der Waals surface area contributed by atoms with Gasteiger partial charge >= 0.3 is 5.97 Å². The van der Waals surface area contributed by atoms with Gasteiger partial charge < -0.3 is 15.2 Å². The first-order valence-electron chi connectivity index (χ1n) is 13.2. The number of anilines is 1. The van der Waals surface area contributed by atoms with Gasteiger partial charge in [-0.1, -0.05) is 19.9 Å². The fourth-order valence-corrected chi connectivity index (χ4v) is 5.11. The molecule has 8 nitrogen and oxygen atoms in total. The molecule has 2 aliphatic heterocycles. The van der Waals surface area contributed by atoms with Crippen LogP contribution in [0.5, 0.6) is 5.88 Å². The lowest BCUT2D eigenvalue weighted by atomic mass is 9.95. The van der Waals surface area contributed by atoms with E-state index >= 15 is 8.78 Å². The minimum absolute atomic E-state index is 0.000524. The molecule has 0 aromatic carbocycles. The van der Waals surface area contributed by atoms with E-state index in [1.165, 1.54) is 18.1 Å². The number of fused-ring (bicyclic) bond motifs is 1. The number of likely N-dealkylation sites (tertiary alicyclic amines) is 1. The van der Waals surface area contributed by atoms with E-state index in [4.69, 9.17) is 4.74 Å². The number of ether oxygens (including phenoxy) is 1. The number of hydrogen-bond acceptors (Lipinski definition) is 7. The van der Waals surface area contributed by atoms with Gasteiger partial charge in [0.15, 0.2) is 0 Å². The fraction of sp³-hybridized carbons (Fsp3) is 0.630. The second kappa shape index (κ2) is 12.1. The summed E-state index contributed by atoms with van der Waals surface area (Å²) in [5.41, 5.74) is 2.44. The number of hydrogen-bond donors (Lipinski definition) is 2. The summed E-state index contributed by atoms with van der Waals surface area (Å²) in [7, 11) is 0. The van der Waals surface area contributed by atoms with Crippen molar-refractivity contribution in [1.82, 2.24) is 19.9 Å². The van der Waals surface area contributed by atoms with Crippen LogP contribution in [0.15, 0.2) is 24.7 Å². The summed E-state index contributed by atoms with van der Waals surface area (Å²) in [5, 5.41) is 13.3. The lowest BCUT2D eigenvalue weighted by Gasteiger charge is -2.27. The summed E-state index contributed by atoms with van der Waals surface area (Å²) in [6, 6.07) is 2.95. The van der Waals surface area contributed by atoms with Crippen molar-refractivity contribution in [1.29, 1.82) is 0 Å². The number of alkyl halides is 2. The van der Waals surface area contributed by atoms with Crippen molar-refractivity contribution in [3.8, 4) is 5.88 Å². The minimum Gasteiger partial charge on any atom is -0.480 e. The van der Waals surface area contributed by atoms with E-state index < -0.39 is 23.9 Å². The molecule has 2 unspecified atom stereocenters. The number of carboxylic acid groups (broad SMARTS) is 1. The highest BCUT2D eigenvalue weighted by Gasteiger charge is 2.46. The zero-order valence-electron chi connectivity index (χ0n) is 21.6. The van der Waals surface area contributed by atoms with Gasteiger partial charge in [0.1, 0.15) is 18.2 Å². The predicted molar refractivity (Wildman–Crippen MR) is 136 cm³/mol. The number of nitrogens with one attached hydrogen (secondary N) is 1. The van der Waals surface area contributed by atoms with Crippen molar-refractivity contribution in [2.45, 2.75) is 70.8 Å². The lowest BCUT2D eigenvalue weighted by molar-refractivity contribution is -0.143. The first kappa shape index (κ1) is 27.2. The number of carbonyl (C=O) groups is 1. The predicted octanol–water partition coefficient (Wildman–Crippen LogP) is 4.76. The van der Waals surface area contributed by atoms with Crippen molar-refractivity contribution in [2.75, 3.05) is 31.6 Å². The third kappa shape index (κ3) is 6.91. The monoisotopic (exact) mass is 517 g/mol. The van der Waals surface area contributed by atoms with Gasteiger partial charge in [-0.3, -0.25) is 9.69 Å². The van der Waals surface area contributed by atoms with Crippen LogP contribution in [-0.2, 0) is 17.6 Å². The van der Waals surface area contributed by atoms with Gasteiger partial charge in [-0.05, 0) is 62.6 Å². The third-order valence-corrected chi connectivity index (χ3v) is 7.11. The summed E-state index contributed by atoms with van der Waals surface area (Å²) in [5.74, 6) is -3.55. The number of unbranched alkanes of at least 4 members (excludes halogenated alkanes) is 1. The molecule has 1 saturated heterocycles. The molecule has 2 aromatic heterocycles. The highest BCUT2D eigenvalue weighted by Crippen LogP contribution is 2.40. The van der Waals surface area contributed by atoms with E-state index in [1.54, 1.807) is 4.90 Å². The topological polar surface area (TPSA) is 100 Å². The van der Waals surface area contributed by atoms with E-state index in [0.717, 1.165) is 30.9 Å². The van der Waals surface area contributed by atoms with Crippen LogP contribution in [0.4, 0.5) is 14.6 Å². The maximum absolute atomic E-state index is 15.2. The molecule has 2 atom stereocenters. The standard InChI is InChI=1S/C27H37F2N5O3/c1-18(2)16-37-25-22(14-30-17-32-25)23(26(35)36)34-13-10-20(15-34)27(28,29)11-4-3-7-21-9-8-19-6-5-12-31-24(19)33-21/h8-9,14,17-18,20,23H,3-7,10-13,15-16H2,1-2H3,(H,31,33)(H,35,36). The van der Waals surface area contributed by atoms with Gasteiger partial charge in [-0.15, -0.1) is 0 Å². The first-order valence-corrected chi connectivity index (χ1v) is 13.2. The van der Waals surface area contributed by atoms with Crippen molar-refractivity contribution < 1.29 is 23.4 Å². The Morgan fingerprint density at radius 2 is 2.16 bits per heavy atom. The van der Waals surface area contributed by atoms with E-state index in [1.807, 2.05) is 19.9 Å². The van der Waals surface area contributed by atoms with E-state index in [0.29, 0.717) is 31.4 Å². The maximum Gasteiger partial charge on any atom is 0.325 e. The Morgan fingerprint density at radius 1 is 1.32 bits per heavy atom. The molecule has 0 radical (unpaired) electrons. The number of pyridine rings is 1. The summed E-state index contributed by atoms with van der Waals surface area (Å²) in [4.78, 5) is 26.5. The van der Waals surface area contributed by atoms with E-state index in [-0.39, 0.29) is 37.7 Å². The summed E-state index contributed by atoms with van der Waals surface area (Å²) in [6.45, 7) is 5.50. The Hall–Kier alpha value is -2.88. The average Bonchev–Trinajstić information content (AvgIpc) is 3.36. The Balaban J connectivity index is 1.32. The number of aryl methyl sites for hydroxylation is 2. The molecule has 0 spiro atoms. The SMILES string of the molecule is CC(C)COc1ncncc1C(C(=O)O)N1CCC(C(F)(F)CCCCc2ccc3c(n2)NCCC3)C1. The zero-order valence-corrected chi connectivity index (χ0v) is 21.6. The number of aliphatic carboxylic acids is 1. The molecule has 0 aliphatic carbocycles. The molecule has 0 bridgehead atoms. The van der Waals surface area contributed by atoms with Crippen molar-refractivity contribution in [2.24, 2.45) is 11.8 Å². The Labute approximate surface area is 216 Å². The van der Waals surface area contributed by atoms with Crippen molar-refractivity contribution >= 4 is 11.8 Å². The second-order valence-corrected chi connectivity index (χ2v) is 10.5. The molecule has 2 N–H and O–H groups in total. The smallest absolute Gasteiger partial charge is 0.325 e. The lowest BCUT2D eigenvalue weighted by Crippen LogP contribution is -2.36. The van der Waals surface area contributed by atoms with Crippen LogP contribution in [0.3, 0.4) is 0 Å². The van der Waals surface area contributed by atoms with Crippen LogP contribution in [-0.4, -0.2) is 63.1 Å². The van der Waals surface area contributed by atoms with Crippen LogP contribution < -0.4 is 10.1 Å². The molecular formula is C27H37F2N5O3. The first-order chi connectivity index (χ1) is 17.7. The summed E-state index contributed by atoms with van der Waals surface area (Å²) >= 11 is 0. The van der Waals surface area contributed by atoms with Gasteiger partial charge in [0.25, 0.3) is 5.92 Å². The Morgan fingerprint density at radius 3 is 2.95 bits per heavy atom. The molecule has 4 heterocycles. The van der Waals surface area contributed by atoms with E-state index in [9.17, 15) is 9.90 Å². The molecule has 2 aromatic rings. The second-order valence-electron chi connectivity index (χ2n) is 10.5. The molecule has 202 valence electrons. The van der Waals surface area contributed by atoms with Crippen LogP contribution in [0.1, 0.15) is 68.8 Å². The van der Waals surface area contributed by atoms with Gasteiger partial charge in [0.05, 0.1) is 12.2 Å². The minimum atomic E-state index is -2.87. The van der Waals surface area contributed by atoms with Gasteiger partial charge in [-0.2, -0.15) is 0 Å². The number of aromatic nitrogens is 3. The highest BCUT2D eigenvalue weighted by atomic mass is 19.3. The molecule has 10 heteroatoms. The van der Waals surface area contributed by atoms with Crippen LogP contribution in [0, 0.1) is 11.8 Å². The van der Waals surface area contributed by atoms with Crippen LogP contribution in [0.2, 0.25) is 0 Å². The van der Waals surface area contributed by atoms with E-state index in [2.05, 4.69) is 26.3 Å². The molecule has 1 fully saturated rings. The normalized spacial score (nSPS) is 18.9. The molecule has 0 saturated carbocycles. The number of carboxylic acids is 1. The quantitative estimate of drug-likeness (QED) is 0.389.